The maximum atomic E-state index is 11.0. The van der Waals surface area contributed by atoms with Gasteiger partial charge < -0.3 is 0 Å². The molecule has 0 radical (unpaired) electrons. The minimum absolute atomic E-state index is 0.393. The lowest BCUT2D eigenvalue weighted by molar-refractivity contribution is -0.114. The van der Waals surface area contributed by atoms with Crippen molar-refractivity contribution >= 4 is 105 Å². The van der Waals surface area contributed by atoms with Crippen molar-refractivity contribution in [1.82, 2.24) is 0 Å². The van der Waals surface area contributed by atoms with E-state index in [2.05, 4.69) is 21.6 Å². The van der Waals surface area contributed by atoms with Gasteiger partial charge in [-0.2, -0.15) is 0 Å². The molecule has 0 fully saturated rings. The zero-order chi connectivity index (χ0) is 16.3. The molecular formula is C12H4Cl4O2S4. The van der Waals surface area contributed by atoms with Crippen molar-refractivity contribution < 1.29 is 9.59 Å². The predicted octanol–water partition coefficient (Wildman–Crippen LogP) is 6.53. The summed E-state index contributed by atoms with van der Waals surface area (Å²) in [6.07, 6.45) is 0. The maximum absolute atomic E-state index is 11.0. The molecule has 22 heavy (non-hydrogen) atoms. The number of hydrogen-bond acceptors (Lipinski definition) is 6. The first-order valence-electron chi connectivity index (χ1n) is 5.34. The Morgan fingerprint density at radius 1 is 0.545 bits per heavy atom. The molecule has 2 heterocycles. The van der Waals surface area contributed by atoms with Crippen LogP contribution in [0.25, 0.3) is 0 Å². The van der Waals surface area contributed by atoms with Crippen molar-refractivity contribution in [3.8, 4) is 0 Å². The fourth-order valence-corrected chi connectivity index (χ4v) is 6.05. The summed E-state index contributed by atoms with van der Waals surface area (Å²) in [6.45, 7) is 0. The van der Waals surface area contributed by atoms with Gasteiger partial charge in [-0.05, 0) is 21.6 Å². The summed E-state index contributed by atoms with van der Waals surface area (Å²) in [6, 6.07) is 0. The number of Topliss-reactive ketones (excluding diaryl/α,β-unsaturated/α-hetero) is 2. The van der Waals surface area contributed by atoms with Crippen LogP contribution in [0.3, 0.4) is 0 Å². The third-order valence-electron chi connectivity index (χ3n) is 2.16. The highest BCUT2D eigenvalue weighted by atomic mass is 35.5. The molecule has 2 nitrogen and oxygen atoms in total. The van der Waals surface area contributed by atoms with Crippen LogP contribution in [-0.4, -0.2) is 11.6 Å². The number of ketones is 2. The number of halogens is 4. The number of carbonyl (C=O) groups is 2. The predicted molar refractivity (Wildman–Crippen MR) is 103 cm³/mol. The van der Waals surface area contributed by atoms with E-state index in [4.69, 9.17) is 46.4 Å². The molecule has 0 unspecified atom stereocenters. The van der Waals surface area contributed by atoms with E-state index in [0.717, 1.165) is 0 Å². The van der Waals surface area contributed by atoms with Gasteiger partial charge in [0, 0.05) is 0 Å². The van der Waals surface area contributed by atoms with E-state index in [1.807, 2.05) is 47.0 Å². The van der Waals surface area contributed by atoms with E-state index >= 15 is 0 Å². The zero-order valence-electron chi connectivity index (χ0n) is 10.3. The van der Waals surface area contributed by atoms with Crippen LogP contribution in [0, 0.1) is 0 Å². The van der Waals surface area contributed by atoms with Crippen LogP contribution < -0.4 is 0 Å². The van der Waals surface area contributed by atoms with Crippen molar-refractivity contribution in [2.75, 3.05) is 0 Å². The van der Waals surface area contributed by atoms with E-state index in [0.29, 0.717) is 0 Å². The highest BCUT2D eigenvalue weighted by Crippen LogP contribution is 2.50. The number of carbonyl (C=O) groups excluding carboxylic acids is 2. The highest BCUT2D eigenvalue weighted by Gasteiger charge is 2.31. The monoisotopic (exact) mass is 448 g/mol. The molecule has 2 aliphatic heterocycles. The molecule has 0 bridgehead atoms. The number of thioether (sulfide) groups is 4. The van der Waals surface area contributed by atoms with Gasteiger partial charge in [0.15, 0.2) is 0 Å². The second-order valence-corrected chi connectivity index (χ2v) is 9.20. The summed E-state index contributed by atoms with van der Waals surface area (Å²) < 4.78 is 2.86. The third-order valence-corrected chi connectivity index (χ3v) is 8.57. The Balaban J connectivity index is 0.000000162. The minimum atomic E-state index is -0.729. The molecule has 10 heteroatoms. The maximum Gasteiger partial charge on any atom is 0.219 e. The van der Waals surface area contributed by atoms with Crippen LogP contribution in [0.1, 0.15) is 0 Å². The molecule has 0 saturated carbocycles. The van der Waals surface area contributed by atoms with Crippen LogP contribution in [0.4, 0.5) is 0 Å². The molecule has 0 amide bonds. The quantitative estimate of drug-likeness (QED) is 0.391. The van der Waals surface area contributed by atoms with Gasteiger partial charge in [0.05, 0.1) is 8.47 Å². The lowest BCUT2D eigenvalue weighted by Crippen LogP contribution is -2.14. The van der Waals surface area contributed by atoms with E-state index in [9.17, 15) is 9.59 Å². The lowest BCUT2D eigenvalue weighted by atomic mass is 10.1. The topological polar surface area (TPSA) is 34.1 Å². The summed E-state index contributed by atoms with van der Waals surface area (Å²) >= 11 is 28.8. The normalized spacial score (nSPS) is 21.1. The van der Waals surface area contributed by atoms with E-state index in [-0.39, 0.29) is 0 Å². The Kier molecular flexibility index (Phi) is 7.42. The summed E-state index contributed by atoms with van der Waals surface area (Å²) in [5.74, 6) is -1.46. The van der Waals surface area contributed by atoms with Crippen LogP contribution in [0.5, 0.6) is 0 Å². The standard InChI is InChI=1S/C6Cl4O2.C6H4S4/c7-1-2(8)6(12)4(10)3(9)5(1)11;1-2-8-5(7-1)6-9-3-4-10-6/h;1-4H. The largest absolute Gasteiger partial charge is 0.286 e. The van der Waals surface area contributed by atoms with Crippen molar-refractivity contribution in [2.45, 2.75) is 0 Å². The summed E-state index contributed by atoms with van der Waals surface area (Å²) in [7, 11) is 0. The molecule has 0 atom stereocenters. The molecule has 3 rings (SSSR count). The molecule has 0 spiro atoms. The zero-order valence-corrected chi connectivity index (χ0v) is 16.6. The summed E-state index contributed by atoms with van der Waals surface area (Å²) in [4.78, 5) is 22.0. The molecular weight excluding hydrogens is 446 g/mol. The first-order chi connectivity index (χ1) is 10.4. The smallest absolute Gasteiger partial charge is 0.219 e. The molecule has 0 N–H and O–H groups in total. The number of allylic oxidation sites excluding steroid dienone is 4. The average Bonchev–Trinajstić information content (AvgIpc) is 3.21. The lowest BCUT2D eigenvalue weighted by Gasteiger charge is -2.08. The fourth-order valence-electron chi connectivity index (χ4n) is 1.20. The van der Waals surface area contributed by atoms with Crippen LogP contribution in [-0.2, 0) is 9.59 Å². The van der Waals surface area contributed by atoms with Gasteiger partial charge in [-0.1, -0.05) is 93.5 Å². The second-order valence-electron chi connectivity index (χ2n) is 3.50. The molecule has 0 saturated heterocycles. The third kappa shape index (κ3) is 4.36. The Labute approximate surface area is 163 Å². The fraction of sp³-hybridized carbons (Fsp3) is 0. The molecule has 116 valence electrons. The van der Waals surface area contributed by atoms with Crippen LogP contribution in [0.2, 0.25) is 0 Å². The second kappa shape index (κ2) is 8.62. The van der Waals surface area contributed by atoms with Crippen molar-refractivity contribution in [1.29, 1.82) is 0 Å². The minimum Gasteiger partial charge on any atom is -0.286 e. The van der Waals surface area contributed by atoms with Gasteiger partial charge in [0.2, 0.25) is 11.6 Å². The molecule has 3 aliphatic rings. The highest BCUT2D eigenvalue weighted by molar-refractivity contribution is 8.33. The number of rotatable bonds is 0. The van der Waals surface area contributed by atoms with Gasteiger partial charge in [-0.25, -0.2) is 0 Å². The van der Waals surface area contributed by atoms with Gasteiger partial charge >= 0.3 is 0 Å². The van der Waals surface area contributed by atoms with E-state index in [1.54, 1.807) is 0 Å². The Morgan fingerprint density at radius 3 is 1.00 bits per heavy atom. The number of hydrogen-bond donors (Lipinski definition) is 0. The van der Waals surface area contributed by atoms with Gasteiger partial charge in [-0.3, -0.25) is 9.59 Å². The SMILES string of the molecule is C1=CSC(=C2SC=CS2)S1.O=C1C(Cl)=C(Cl)C(=O)C(Cl)=C1Cl. The van der Waals surface area contributed by atoms with Gasteiger partial charge in [0.25, 0.3) is 0 Å². The average molecular weight is 450 g/mol. The van der Waals surface area contributed by atoms with Crippen LogP contribution >= 0.6 is 93.5 Å². The Morgan fingerprint density at radius 2 is 0.773 bits per heavy atom. The molecule has 0 aromatic rings. The van der Waals surface area contributed by atoms with Crippen LogP contribution in [0.15, 0.2) is 50.2 Å². The summed E-state index contributed by atoms with van der Waals surface area (Å²) in [5.41, 5.74) is 0. The molecule has 1 aliphatic carbocycles. The Bertz CT molecular complexity index is 585. The van der Waals surface area contributed by atoms with E-state index in [1.165, 1.54) is 8.47 Å². The molecule has 0 aromatic heterocycles. The van der Waals surface area contributed by atoms with Gasteiger partial charge in [-0.15, -0.1) is 0 Å². The van der Waals surface area contributed by atoms with Crippen molar-refractivity contribution in [2.24, 2.45) is 0 Å². The first-order valence-corrected chi connectivity index (χ1v) is 10.4. The van der Waals surface area contributed by atoms with Crippen molar-refractivity contribution in [3.63, 3.8) is 0 Å². The van der Waals surface area contributed by atoms with E-state index < -0.39 is 31.7 Å². The Hall–Kier alpha value is 0.600. The summed E-state index contributed by atoms with van der Waals surface area (Å²) in [5, 5.41) is 6.96. The van der Waals surface area contributed by atoms with Crippen molar-refractivity contribution in [3.05, 3.63) is 50.2 Å². The van der Waals surface area contributed by atoms with Gasteiger partial charge in [0.1, 0.15) is 20.1 Å². The molecule has 0 aromatic carbocycles. The first kappa shape index (κ1) is 18.9.